The maximum atomic E-state index is 13.0. The highest BCUT2D eigenvalue weighted by molar-refractivity contribution is 6.36. The summed E-state index contributed by atoms with van der Waals surface area (Å²) in [7, 11) is 5.99. The number of phenolic OH excluding ortho intramolecular Hbond substituents is 1. The van der Waals surface area contributed by atoms with Crippen LogP contribution in [0.2, 0.25) is 0 Å². The highest BCUT2D eigenvalue weighted by Crippen LogP contribution is 2.38. The van der Waals surface area contributed by atoms with Crippen LogP contribution in [0.5, 0.6) is 5.75 Å². The van der Waals surface area contributed by atoms with E-state index in [1.54, 1.807) is 34.8 Å². The molecular formula is C22H25BF3N5O2. The van der Waals surface area contributed by atoms with Crippen molar-refractivity contribution in [3.8, 4) is 17.0 Å². The van der Waals surface area contributed by atoms with Crippen molar-refractivity contribution in [3.05, 3.63) is 36.5 Å². The molecule has 2 heterocycles. The van der Waals surface area contributed by atoms with E-state index in [1.807, 2.05) is 0 Å². The number of aromatic nitrogens is 3. The van der Waals surface area contributed by atoms with Crippen LogP contribution in [0.4, 0.5) is 19.0 Å². The van der Waals surface area contributed by atoms with Crippen molar-refractivity contribution in [3.63, 3.8) is 0 Å². The van der Waals surface area contributed by atoms with Gasteiger partial charge in [-0.25, -0.2) is 4.98 Å². The normalized spacial score (nSPS) is 19.3. The minimum Gasteiger partial charge on any atom is -0.507 e. The molecule has 174 valence electrons. The summed E-state index contributed by atoms with van der Waals surface area (Å²) in [5.41, 5.74) is 1.87. The highest BCUT2D eigenvalue weighted by Gasteiger charge is 2.43. The second-order valence-corrected chi connectivity index (χ2v) is 8.38. The number of rotatable bonds is 7. The lowest BCUT2D eigenvalue weighted by Gasteiger charge is -2.34. The number of benzene rings is 1. The number of nitrogens with zero attached hydrogens (tertiary/aromatic N) is 4. The molecule has 1 aromatic carbocycles. The highest BCUT2D eigenvalue weighted by atomic mass is 19.4. The molecule has 2 aromatic heterocycles. The monoisotopic (exact) mass is 459 g/mol. The van der Waals surface area contributed by atoms with Gasteiger partial charge in [0.25, 0.3) is 0 Å². The van der Waals surface area contributed by atoms with Crippen LogP contribution in [-0.4, -0.2) is 63.1 Å². The van der Waals surface area contributed by atoms with Gasteiger partial charge in [0, 0.05) is 37.0 Å². The lowest BCUT2D eigenvalue weighted by atomic mass is 9.85. The van der Waals surface area contributed by atoms with Crippen LogP contribution in [0.3, 0.4) is 0 Å². The molecule has 1 aliphatic carbocycles. The minimum atomic E-state index is -4.22. The van der Waals surface area contributed by atoms with E-state index in [9.17, 15) is 23.5 Å². The maximum absolute atomic E-state index is 13.0. The number of phenols is 1. The van der Waals surface area contributed by atoms with Crippen LogP contribution in [0, 0.1) is 5.92 Å². The number of fused-ring (bicyclic) bond motifs is 1. The summed E-state index contributed by atoms with van der Waals surface area (Å²) in [6, 6.07) is 8.06. The minimum absolute atomic E-state index is 0.0745. The number of anilines is 1. The van der Waals surface area contributed by atoms with Gasteiger partial charge in [-0.15, -0.1) is 0 Å². The van der Waals surface area contributed by atoms with Gasteiger partial charge in [-0.3, -0.25) is 0 Å². The van der Waals surface area contributed by atoms with Crippen molar-refractivity contribution in [1.82, 2.24) is 19.7 Å². The first-order valence-corrected chi connectivity index (χ1v) is 10.9. The summed E-state index contributed by atoms with van der Waals surface area (Å²) in [5.74, 6) is -0.680. The predicted octanol–water partition coefficient (Wildman–Crippen LogP) is 3.51. The molecule has 0 amide bonds. The average Bonchev–Trinajstić information content (AvgIpc) is 3.17. The summed E-state index contributed by atoms with van der Waals surface area (Å²) in [4.78, 5) is 4.51. The lowest BCUT2D eigenvalue weighted by Crippen LogP contribution is -2.41. The van der Waals surface area contributed by atoms with Crippen molar-refractivity contribution in [2.45, 2.75) is 44.3 Å². The first kappa shape index (κ1) is 23.4. The van der Waals surface area contributed by atoms with Crippen molar-refractivity contribution in [2.24, 2.45) is 5.92 Å². The Balaban J connectivity index is 1.41. The van der Waals surface area contributed by atoms with Gasteiger partial charge < -0.3 is 15.6 Å². The molecule has 3 N–H and O–H groups in total. The van der Waals surface area contributed by atoms with Gasteiger partial charge in [0.05, 0.1) is 11.6 Å². The van der Waals surface area contributed by atoms with Crippen LogP contribution in [0.1, 0.15) is 32.1 Å². The Morgan fingerprint density at radius 2 is 2.03 bits per heavy atom. The summed E-state index contributed by atoms with van der Waals surface area (Å²) >= 11 is 0. The Bertz CT molecular complexity index is 1110. The summed E-state index contributed by atoms with van der Waals surface area (Å²) in [6.45, 7) is 0.676. The third-order valence-electron chi connectivity index (χ3n) is 6.08. The second-order valence-electron chi connectivity index (χ2n) is 8.38. The first-order chi connectivity index (χ1) is 15.7. The zero-order valence-electron chi connectivity index (χ0n) is 18.0. The quantitative estimate of drug-likeness (QED) is 0.285. The molecular weight excluding hydrogens is 434 g/mol. The molecule has 2 unspecified atom stereocenters. The molecule has 1 fully saturated rings. The molecule has 7 nitrogen and oxygen atoms in total. The van der Waals surface area contributed by atoms with E-state index in [2.05, 4.69) is 15.4 Å². The van der Waals surface area contributed by atoms with Crippen LogP contribution >= 0.6 is 0 Å². The molecule has 1 saturated carbocycles. The van der Waals surface area contributed by atoms with Gasteiger partial charge >= 0.3 is 6.18 Å². The molecule has 33 heavy (non-hydrogen) atoms. The summed E-state index contributed by atoms with van der Waals surface area (Å²) in [5, 5.41) is 29.0. The fourth-order valence-corrected chi connectivity index (χ4v) is 4.31. The van der Waals surface area contributed by atoms with E-state index in [1.165, 1.54) is 6.20 Å². The molecule has 4 rings (SSSR count). The summed E-state index contributed by atoms with van der Waals surface area (Å²) < 4.78 is 40.6. The van der Waals surface area contributed by atoms with Crippen LogP contribution in [0.25, 0.3) is 16.9 Å². The molecule has 1 aliphatic rings. The molecule has 2 radical (unpaired) electrons. The number of hydroxylamine groups is 2. The average molecular weight is 459 g/mol. The smallest absolute Gasteiger partial charge is 0.391 e. The van der Waals surface area contributed by atoms with Crippen molar-refractivity contribution in [1.29, 1.82) is 0 Å². The van der Waals surface area contributed by atoms with Gasteiger partial charge in [-0.05, 0) is 43.3 Å². The molecule has 0 saturated heterocycles. The number of halogens is 3. The molecule has 0 spiro atoms. The Kier molecular flexibility index (Phi) is 6.80. The van der Waals surface area contributed by atoms with Crippen LogP contribution in [-0.2, 0) is 0 Å². The van der Waals surface area contributed by atoms with E-state index in [-0.39, 0.29) is 25.1 Å². The number of aromatic hydroxyl groups is 1. The standard InChI is InChI=1S/C22H25BF3N5O2/c23-17-13-28-31-20(12-18(29-21(17)31)16-7-1-2-8-19(16)32)27-9-4-10-30(33)15-6-3-5-14(11-15)22(24,25)26/h1-2,7-8,12-15,27,32-33H,3-6,9-11H2. The lowest BCUT2D eigenvalue weighted by molar-refractivity contribution is -0.203. The van der Waals surface area contributed by atoms with Crippen LogP contribution in [0.15, 0.2) is 36.5 Å². The zero-order valence-corrected chi connectivity index (χ0v) is 18.0. The van der Waals surface area contributed by atoms with E-state index in [4.69, 9.17) is 7.85 Å². The molecule has 2 atom stereocenters. The van der Waals surface area contributed by atoms with E-state index in [0.29, 0.717) is 54.0 Å². The Hall–Kier alpha value is -2.79. The van der Waals surface area contributed by atoms with Crippen molar-refractivity contribution in [2.75, 3.05) is 18.4 Å². The number of alkyl halides is 3. The fourth-order valence-electron chi connectivity index (χ4n) is 4.31. The van der Waals surface area contributed by atoms with Gasteiger partial charge in [0.15, 0.2) is 5.65 Å². The molecule has 0 bridgehead atoms. The third kappa shape index (κ3) is 5.25. The summed E-state index contributed by atoms with van der Waals surface area (Å²) in [6.07, 6.45) is -1.18. The Morgan fingerprint density at radius 1 is 1.24 bits per heavy atom. The van der Waals surface area contributed by atoms with E-state index in [0.717, 1.165) is 5.06 Å². The third-order valence-corrected chi connectivity index (χ3v) is 6.08. The van der Waals surface area contributed by atoms with Crippen molar-refractivity contribution >= 4 is 24.8 Å². The second kappa shape index (κ2) is 9.60. The first-order valence-electron chi connectivity index (χ1n) is 10.9. The molecule has 11 heteroatoms. The van der Waals surface area contributed by atoms with E-state index >= 15 is 0 Å². The predicted molar refractivity (Wildman–Crippen MR) is 119 cm³/mol. The molecule has 3 aromatic rings. The van der Waals surface area contributed by atoms with E-state index < -0.39 is 18.1 Å². The number of nitrogens with one attached hydrogen (secondary N) is 1. The van der Waals surface area contributed by atoms with Crippen molar-refractivity contribution < 1.29 is 23.5 Å². The Labute approximate surface area is 190 Å². The maximum Gasteiger partial charge on any atom is 0.391 e. The topological polar surface area (TPSA) is 85.9 Å². The van der Waals surface area contributed by atoms with Crippen LogP contribution < -0.4 is 10.8 Å². The van der Waals surface area contributed by atoms with Gasteiger partial charge in [-0.2, -0.15) is 27.8 Å². The fraction of sp³-hybridized carbons (Fsp3) is 0.455. The SMILES string of the molecule is [B]c1cnn2c(NCCCN(O)C3CCCC(C(F)(F)F)C3)cc(-c3ccccc3O)nc12. The number of hydrogen-bond acceptors (Lipinski definition) is 6. The van der Waals surface area contributed by atoms with Gasteiger partial charge in [-0.1, -0.05) is 18.6 Å². The Morgan fingerprint density at radius 3 is 2.79 bits per heavy atom. The van der Waals surface area contributed by atoms with Gasteiger partial charge in [0.1, 0.15) is 19.4 Å². The number of para-hydroxylation sites is 1. The number of hydrogen-bond donors (Lipinski definition) is 3. The molecule has 0 aliphatic heterocycles. The largest absolute Gasteiger partial charge is 0.507 e. The van der Waals surface area contributed by atoms with Gasteiger partial charge in [0.2, 0.25) is 0 Å². The zero-order chi connectivity index (χ0) is 23.6.